The number of ether oxygens (including phenoxy) is 1. The van der Waals surface area contributed by atoms with Crippen LogP contribution in [-0.4, -0.2) is 4.98 Å². The van der Waals surface area contributed by atoms with Crippen LogP contribution in [-0.2, 0) is 11.9 Å². The molecule has 1 heterocycles. The van der Waals surface area contributed by atoms with Crippen molar-refractivity contribution >= 4 is 31.9 Å². The maximum atomic E-state index is 5.75. The van der Waals surface area contributed by atoms with Gasteiger partial charge in [-0.25, -0.2) is 0 Å². The Morgan fingerprint density at radius 3 is 2.72 bits per heavy atom. The number of rotatable bonds is 4. The molecule has 0 amide bonds. The summed E-state index contributed by atoms with van der Waals surface area (Å²) in [5.41, 5.74) is 3.15. The molecule has 1 aromatic carbocycles. The van der Waals surface area contributed by atoms with E-state index < -0.39 is 0 Å². The fraction of sp³-hybridized carbons (Fsp3) is 0.214. The number of aromatic nitrogens is 1. The minimum Gasteiger partial charge on any atom is -0.486 e. The predicted molar refractivity (Wildman–Crippen MR) is 80.1 cm³/mol. The molecule has 0 atom stereocenters. The molecule has 0 unspecified atom stereocenters. The first-order chi connectivity index (χ1) is 8.69. The SMILES string of the molecule is Cc1cccc(COc2ccc(CBr)cc2Br)n1. The van der Waals surface area contributed by atoms with Crippen LogP contribution in [0.1, 0.15) is 17.0 Å². The predicted octanol–water partition coefficient (Wildman–Crippen LogP) is 4.63. The second-order valence-corrected chi connectivity index (χ2v) is 5.37. The number of hydrogen-bond donors (Lipinski definition) is 0. The Labute approximate surface area is 124 Å². The summed E-state index contributed by atoms with van der Waals surface area (Å²) in [6.07, 6.45) is 0. The molecule has 2 nitrogen and oxygen atoms in total. The highest BCUT2D eigenvalue weighted by atomic mass is 79.9. The van der Waals surface area contributed by atoms with Crippen LogP contribution in [0.4, 0.5) is 0 Å². The van der Waals surface area contributed by atoms with Crippen molar-refractivity contribution in [3.05, 3.63) is 57.8 Å². The third-order valence-corrected chi connectivity index (χ3v) is 3.74. The highest BCUT2D eigenvalue weighted by Crippen LogP contribution is 2.27. The van der Waals surface area contributed by atoms with Gasteiger partial charge in [0.25, 0.3) is 0 Å². The fourth-order valence-electron chi connectivity index (χ4n) is 1.58. The Bertz CT molecular complexity index is 543. The zero-order chi connectivity index (χ0) is 13.0. The van der Waals surface area contributed by atoms with Gasteiger partial charge in [-0.1, -0.05) is 28.1 Å². The lowest BCUT2D eigenvalue weighted by Gasteiger charge is -2.09. The van der Waals surface area contributed by atoms with Crippen molar-refractivity contribution in [2.45, 2.75) is 18.9 Å². The number of pyridine rings is 1. The summed E-state index contributed by atoms with van der Waals surface area (Å²) in [5.74, 6) is 0.836. The molecule has 94 valence electrons. The molecular weight excluding hydrogens is 358 g/mol. The van der Waals surface area contributed by atoms with E-state index in [-0.39, 0.29) is 0 Å². The lowest BCUT2D eigenvalue weighted by molar-refractivity contribution is 0.299. The van der Waals surface area contributed by atoms with Crippen LogP contribution in [0.25, 0.3) is 0 Å². The van der Waals surface area contributed by atoms with Gasteiger partial charge in [0.05, 0.1) is 10.2 Å². The Morgan fingerprint density at radius 2 is 2.06 bits per heavy atom. The standard InChI is InChI=1S/C14H13Br2NO/c1-10-3-2-4-12(17-10)9-18-14-6-5-11(8-15)7-13(14)16/h2-7H,8-9H2,1H3. The normalized spacial score (nSPS) is 10.4. The van der Waals surface area contributed by atoms with Crippen molar-refractivity contribution < 1.29 is 4.74 Å². The molecule has 2 rings (SSSR count). The largest absolute Gasteiger partial charge is 0.486 e. The van der Waals surface area contributed by atoms with Crippen LogP contribution in [0.5, 0.6) is 5.75 Å². The zero-order valence-corrected chi connectivity index (χ0v) is 13.2. The van der Waals surface area contributed by atoms with E-state index in [1.807, 2.05) is 43.3 Å². The highest BCUT2D eigenvalue weighted by molar-refractivity contribution is 9.10. The molecule has 0 N–H and O–H groups in total. The minimum atomic E-state index is 0.480. The Balaban J connectivity index is 2.06. The van der Waals surface area contributed by atoms with E-state index >= 15 is 0 Å². The van der Waals surface area contributed by atoms with Crippen molar-refractivity contribution in [3.63, 3.8) is 0 Å². The number of hydrogen-bond acceptors (Lipinski definition) is 2. The van der Waals surface area contributed by atoms with Gasteiger partial charge in [0, 0.05) is 11.0 Å². The first-order valence-corrected chi connectivity index (χ1v) is 7.50. The molecule has 18 heavy (non-hydrogen) atoms. The fourth-order valence-corrected chi connectivity index (χ4v) is 2.47. The second kappa shape index (κ2) is 6.34. The molecule has 2 aromatic rings. The number of nitrogens with zero attached hydrogens (tertiary/aromatic N) is 1. The van der Waals surface area contributed by atoms with Gasteiger partial charge in [-0.2, -0.15) is 0 Å². The summed E-state index contributed by atoms with van der Waals surface area (Å²) in [6.45, 7) is 2.46. The molecule has 0 bridgehead atoms. The van der Waals surface area contributed by atoms with Crippen molar-refractivity contribution in [2.75, 3.05) is 0 Å². The van der Waals surface area contributed by atoms with E-state index in [0.29, 0.717) is 6.61 Å². The van der Waals surface area contributed by atoms with Crippen molar-refractivity contribution in [1.29, 1.82) is 0 Å². The Morgan fingerprint density at radius 1 is 1.22 bits per heavy atom. The number of halogens is 2. The van der Waals surface area contributed by atoms with E-state index in [0.717, 1.165) is 26.9 Å². The summed E-state index contributed by atoms with van der Waals surface area (Å²) in [7, 11) is 0. The minimum absolute atomic E-state index is 0.480. The van der Waals surface area contributed by atoms with Crippen LogP contribution in [0.2, 0.25) is 0 Å². The molecule has 0 saturated heterocycles. The zero-order valence-electron chi connectivity index (χ0n) is 9.99. The summed E-state index contributed by atoms with van der Waals surface area (Å²) in [5, 5.41) is 0.839. The molecule has 0 spiro atoms. The summed E-state index contributed by atoms with van der Waals surface area (Å²) in [6, 6.07) is 12.0. The third-order valence-electron chi connectivity index (χ3n) is 2.47. The van der Waals surface area contributed by atoms with Crippen LogP contribution < -0.4 is 4.74 Å². The summed E-state index contributed by atoms with van der Waals surface area (Å²) < 4.78 is 6.72. The lowest BCUT2D eigenvalue weighted by Crippen LogP contribution is -1.99. The molecule has 0 aliphatic carbocycles. The van der Waals surface area contributed by atoms with Crippen molar-refractivity contribution in [1.82, 2.24) is 4.98 Å². The van der Waals surface area contributed by atoms with Gasteiger partial charge in [0.15, 0.2) is 0 Å². The number of aryl methyl sites for hydroxylation is 1. The van der Waals surface area contributed by atoms with Gasteiger partial charge < -0.3 is 4.74 Å². The lowest BCUT2D eigenvalue weighted by atomic mass is 10.2. The maximum Gasteiger partial charge on any atom is 0.134 e. The van der Waals surface area contributed by atoms with Crippen molar-refractivity contribution in [3.8, 4) is 5.75 Å². The van der Waals surface area contributed by atoms with E-state index in [1.54, 1.807) is 0 Å². The van der Waals surface area contributed by atoms with Gasteiger partial charge in [0.1, 0.15) is 12.4 Å². The third kappa shape index (κ3) is 3.56. The monoisotopic (exact) mass is 369 g/mol. The quantitative estimate of drug-likeness (QED) is 0.732. The molecule has 0 fully saturated rings. The molecule has 0 aliphatic heterocycles. The highest BCUT2D eigenvalue weighted by Gasteiger charge is 2.03. The van der Waals surface area contributed by atoms with Gasteiger partial charge >= 0.3 is 0 Å². The Kier molecular flexibility index (Phi) is 4.78. The van der Waals surface area contributed by atoms with E-state index in [1.165, 1.54) is 5.56 Å². The molecule has 4 heteroatoms. The van der Waals surface area contributed by atoms with Gasteiger partial charge in [-0.05, 0) is 52.7 Å². The molecule has 0 radical (unpaired) electrons. The molecule has 1 aromatic heterocycles. The van der Waals surface area contributed by atoms with Crippen LogP contribution >= 0.6 is 31.9 Å². The molecular formula is C14H13Br2NO. The maximum absolute atomic E-state index is 5.75. The summed E-state index contributed by atoms with van der Waals surface area (Å²) in [4.78, 5) is 4.40. The number of benzene rings is 1. The second-order valence-electron chi connectivity index (χ2n) is 3.96. The van der Waals surface area contributed by atoms with Crippen molar-refractivity contribution in [2.24, 2.45) is 0 Å². The van der Waals surface area contributed by atoms with Gasteiger partial charge in [-0.3, -0.25) is 4.98 Å². The first-order valence-electron chi connectivity index (χ1n) is 5.59. The van der Waals surface area contributed by atoms with Gasteiger partial charge in [0.2, 0.25) is 0 Å². The topological polar surface area (TPSA) is 22.1 Å². The average molecular weight is 371 g/mol. The summed E-state index contributed by atoms with van der Waals surface area (Å²) >= 11 is 6.94. The van der Waals surface area contributed by atoms with E-state index in [4.69, 9.17) is 4.74 Å². The first kappa shape index (κ1) is 13.6. The van der Waals surface area contributed by atoms with E-state index in [9.17, 15) is 0 Å². The average Bonchev–Trinajstić information content (AvgIpc) is 2.37. The van der Waals surface area contributed by atoms with E-state index in [2.05, 4.69) is 36.8 Å². The van der Waals surface area contributed by atoms with Crippen LogP contribution in [0.15, 0.2) is 40.9 Å². The number of alkyl halides is 1. The molecule has 0 saturated carbocycles. The van der Waals surface area contributed by atoms with Gasteiger partial charge in [-0.15, -0.1) is 0 Å². The Hall–Kier alpha value is -0.870. The van der Waals surface area contributed by atoms with Crippen LogP contribution in [0.3, 0.4) is 0 Å². The van der Waals surface area contributed by atoms with Crippen LogP contribution in [0, 0.1) is 6.92 Å². The molecule has 0 aliphatic rings. The smallest absolute Gasteiger partial charge is 0.134 e.